The number of rotatable bonds is 8. The topological polar surface area (TPSA) is 83.7 Å². The van der Waals surface area contributed by atoms with Crippen LogP contribution in [0.3, 0.4) is 0 Å². The summed E-state index contributed by atoms with van der Waals surface area (Å²) >= 11 is 0. The summed E-state index contributed by atoms with van der Waals surface area (Å²) < 4.78 is 7.63. The van der Waals surface area contributed by atoms with Crippen LogP contribution in [0.2, 0.25) is 0 Å². The second kappa shape index (κ2) is 11.7. The molecule has 1 aliphatic heterocycles. The molecular weight excluding hydrogens is 493 g/mol. The van der Waals surface area contributed by atoms with Gasteiger partial charge in [-0.1, -0.05) is 30.3 Å². The number of aliphatic hydroxyl groups excluding tert-OH is 1. The number of ether oxygens (including phenoxy) is 1. The highest BCUT2D eigenvalue weighted by molar-refractivity contribution is 14.0. The van der Waals surface area contributed by atoms with Gasteiger partial charge in [0.05, 0.1) is 18.8 Å². The van der Waals surface area contributed by atoms with Gasteiger partial charge in [0.25, 0.3) is 0 Å². The van der Waals surface area contributed by atoms with Gasteiger partial charge in [-0.25, -0.2) is 0 Å². The van der Waals surface area contributed by atoms with Crippen molar-refractivity contribution in [3.05, 3.63) is 52.8 Å². The Morgan fingerprint density at radius 3 is 2.67 bits per heavy atom. The van der Waals surface area contributed by atoms with Gasteiger partial charge in [-0.15, -0.1) is 24.0 Å². The summed E-state index contributed by atoms with van der Waals surface area (Å²) in [5.41, 5.74) is 4.61. The molecule has 0 bridgehead atoms. The predicted molar refractivity (Wildman–Crippen MR) is 130 cm³/mol. The number of halogens is 1. The molecular formula is C22H34IN5O2. The lowest BCUT2D eigenvalue weighted by atomic mass is 9.84. The van der Waals surface area contributed by atoms with Crippen molar-refractivity contribution in [3.8, 4) is 0 Å². The lowest BCUT2D eigenvalue weighted by molar-refractivity contribution is 0.127. The number of aromatic nitrogens is 2. The predicted octanol–water partition coefficient (Wildman–Crippen LogP) is 2.62. The molecule has 1 fully saturated rings. The van der Waals surface area contributed by atoms with Gasteiger partial charge in [0.15, 0.2) is 5.96 Å². The van der Waals surface area contributed by atoms with Crippen LogP contribution >= 0.6 is 24.0 Å². The lowest BCUT2D eigenvalue weighted by Crippen LogP contribution is -2.44. The van der Waals surface area contributed by atoms with Crippen LogP contribution in [0, 0.1) is 19.3 Å². The fourth-order valence-electron chi connectivity index (χ4n) is 3.88. The number of aliphatic hydroxyl groups is 1. The Bertz CT molecular complexity index is 816. The largest absolute Gasteiger partial charge is 0.396 e. The average Bonchev–Trinajstić information content (AvgIpc) is 3.29. The Hall–Kier alpha value is -1.65. The Labute approximate surface area is 196 Å². The van der Waals surface area contributed by atoms with Crippen molar-refractivity contribution in [3.63, 3.8) is 0 Å². The maximum absolute atomic E-state index is 9.40. The molecule has 0 saturated carbocycles. The lowest BCUT2D eigenvalue weighted by Gasteiger charge is -2.27. The molecule has 0 radical (unpaired) electrons. The normalized spacial score (nSPS) is 18.9. The molecule has 3 rings (SSSR count). The van der Waals surface area contributed by atoms with Gasteiger partial charge in [0, 0.05) is 50.0 Å². The fraction of sp³-hybridized carbons (Fsp3) is 0.545. The first-order valence-corrected chi connectivity index (χ1v) is 10.3. The van der Waals surface area contributed by atoms with Crippen LogP contribution < -0.4 is 10.6 Å². The Balaban J connectivity index is 0.00000320. The van der Waals surface area contributed by atoms with Crippen LogP contribution in [-0.4, -0.2) is 54.3 Å². The third-order valence-corrected chi connectivity index (χ3v) is 5.82. The van der Waals surface area contributed by atoms with Crippen LogP contribution in [0.25, 0.3) is 0 Å². The first kappa shape index (κ1) is 24.6. The number of hydrogen-bond donors (Lipinski definition) is 3. The monoisotopic (exact) mass is 527 g/mol. The molecule has 1 atom stereocenters. The van der Waals surface area contributed by atoms with E-state index < -0.39 is 0 Å². The quantitative estimate of drug-likeness (QED) is 0.280. The molecule has 1 aliphatic rings. The van der Waals surface area contributed by atoms with Crippen LogP contribution in [0.1, 0.15) is 35.4 Å². The molecule has 0 aliphatic carbocycles. The minimum absolute atomic E-state index is 0. The van der Waals surface area contributed by atoms with E-state index in [9.17, 15) is 5.11 Å². The Kier molecular flexibility index (Phi) is 9.57. The van der Waals surface area contributed by atoms with E-state index in [0.717, 1.165) is 49.9 Å². The van der Waals surface area contributed by atoms with E-state index in [0.29, 0.717) is 13.2 Å². The Morgan fingerprint density at radius 1 is 1.27 bits per heavy atom. The molecule has 2 aromatic rings. The number of aryl methyl sites for hydroxylation is 1. The standard InChI is InChI=1S/C22H33N5O2.HI/c1-17-20(18(2)27(26-17)14-19-7-5-4-6-8-19)13-24-21(23-3)25-15-22(9-11-28)10-12-29-16-22;/h4-8,28H,9-16H2,1-3H3,(H2,23,24,25);1H. The minimum atomic E-state index is -0.0151. The van der Waals surface area contributed by atoms with Gasteiger partial charge in [0.1, 0.15) is 0 Å². The highest BCUT2D eigenvalue weighted by Crippen LogP contribution is 2.31. The summed E-state index contributed by atoms with van der Waals surface area (Å²) in [4.78, 5) is 4.35. The van der Waals surface area contributed by atoms with Crippen molar-refractivity contribution in [1.29, 1.82) is 0 Å². The molecule has 166 valence electrons. The van der Waals surface area contributed by atoms with Gasteiger partial charge in [0.2, 0.25) is 0 Å². The van der Waals surface area contributed by atoms with Crippen molar-refractivity contribution in [2.75, 3.05) is 33.4 Å². The minimum Gasteiger partial charge on any atom is -0.396 e. The van der Waals surface area contributed by atoms with Crippen molar-refractivity contribution < 1.29 is 9.84 Å². The van der Waals surface area contributed by atoms with Gasteiger partial charge in [-0.05, 0) is 32.3 Å². The van der Waals surface area contributed by atoms with Crippen LogP contribution in [-0.2, 0) is 17.8 Å². The average molecular weight is 527 g/mol. The number of guanidine groups is 1. The van der Waals surface area contributed by atoms with E-state index in [-0.39, 0.29) is 36.0 Å². The SMILES string of the molecule is CN=C(NCc1c(C)nn(Cc2ccccc2)c1C)NCC1(CCO)CCOC1.I. The summed E-state index contributed by atoms with van der Waals surface area (Å²) in [6, 6.07) is 10.4. The zero-order valence-corrected chi connectivity index (χ0v) is 20.5. The molecule has 0 amide bonds. The third-order valence-electron chi connectivity index (χ3n) is 5.82. The van der Waals surface area contributed by atoms with Gasteiger partial charge in [-0.2, -0.15) is 5.10 Å². The van der Waals surface area contributed by atoms with Crippen molar-refractivity contribution in [2.24, 2.45) is 10.4 Å². The zero-order chi connectivity index (χ0) is 20.7. The van der Waals surface area contributed by atoms with E-state index in [1.165, 1.54) is 11.1 Å². The maximum atomic E-state index is 9.40. The number of benzene rings is 1. The van der Waals surface area contributed by atoms with E-state index >= 15 is 0 Å². The molecule has 1 saturated heterocycles. The first-order valence-electron chi connectivity index (χ1n) is 10.3. The molecule has 1 unspecified atom stereocenters. The van der Waals surface area contributed by atoms with Crippen LogP contribution in [0.4, 0.5) is 0 Å². The second-order valence-corrected chi connectivity index (χ2v) is 7.85. The number of nitrogens with one attached hydrogen (secondary N) is 2. The highest BCUT2D eigenvalue weighted by atomic mass is 127. The molecule has 1 aromatic carbocycles. The highest BCUT2D eigenvalue weighted by Gasteiger charge is 2.34. The molecule has 7 nitrogen and oxygen atoms in total. The maximum Gasteiger partial charge on any atom is 0.191 e. The van der Waals surface area contributed by atoms with Gasteiger partial charge >= 0.3 is 0 Å². The van der Waals surface area contributed by atoms with E-state index in [1.54, 1.807) is 7.05 Å². The molecule has 30 heavy (non-hydrogen) atoms. The van der Waals surface area contributed by atoms with Crippen molar-refractivity contribution in [1.82, 2.24) is 20.4 Å². The second-order valence-electron chi connectivity index (χ2n) is 7.85. The number of hydrogen-bond acceptors (Lipinski definition) is 4. The smallest absolute Gasteiger partial charge is 0.191 e. The van der Waals surface area contributed by atoms with E-state index in [2.05, 4.69) is 51.5 Å². The summed E-state index contributed by atoms with van der Waals surface area (Å²) in [6.45, 7) is 7.94. The molecule has 0 spiro atoms. The number of aliphatic imine (C=N–C) groups is 1. The van der Waals surface area contributed by atoms with Gasteiger partial charge in [-0.3, -0.25) is 9.67 Å². The van der Waals surface area contributed by atoms with E-state index in [1.807, 2.05) is 13.0 Å². The van der Waals surface area contributed by atoms with E-state index in [4.69, 9.17) is 9.84 Å². The molecule has 8 heteroatoms. The number of nitrogens with zero attached hydrogens (tertiary/aromatic N) is 3. The zero-order valence-electron chi connectivity index (χ0n) is 18.1. The fourth-order valence-corrected chi connectivity index (χ4v) is 3.88. The summed E-state index contributed by atoms with van der Waals surface area (Å²) in [5, 5.41) is 20.9. The van der Waals surface area contributed by atoms with Gasteiger partial charge < -0.3 is 20.5 Å². The van der Waals surface area contributed by atoms with Crippen molar-refractivity contribution in [2.45, 2.75) is 39.8 Å². The van der Waals surface area contributed by atoms with Crippen LogP contribution in [0.5, 0.6) is 0 Å². The molecule has 3 N–H and O–H groups in total. The first-order chi connectivity index (χ1) is 14.1. The van der Waals surface area contributed by atoms with Crippen LogP contribution in [0.15, 0.2) is 35.3 Å². The van der Waals surface area contributed by atoms with Crippen molar-refractivity contribution >= 4 is 29.9 Å². The summed E-state index contributed by atoms with van der Waals surface area (Å²) in [7, 11) is 1.78. The molecule has 2 heterocycles. The molecule has 1 aromatic heterocycles. The third kappa shape index (κ3) is 6.18. The summed E-state index contributed by atoms with van der Waals surface area (Å²) in [5.74, 6) is 0.754. The summed E-state index contributed by atoms with van der Waals surface area (Å²) in [6.07, 6.45) is 1.70. The Morgan fingerprint density at radius 2 is 2.03 bits per heavy atom.